The highest BCUT2D eigenvalue weighted by atomic mass is 16.3. The molecule has 0 spiro atoms. The molecule has 1 unspecified atom stereocenters. The largest absolute Gasteiger partial charge is 0.396 e. The van der Waals surface area contributed by atoms with Gasteiger partial charge < -0.3 is 10.4 Å². The fraction of sp³-hybridized carbons (Fsp3) is 0.250. The highest BCUT2D eigenvalue weighted by molar-refractivity contribution is 5.38. The Kier molecular flexibility index (Phi) is 4.90. The van der Waals surface area contributed by atoms with Gasteiger partial charge in [0, 0.05) is 31.0 Å². The Morgan fingerprint density at radius 1 is 1.09 bits per heavy atom. The summed E-state index contributed by atoms with van der Waals surface area (Å²) >= 11 is 0. The summed E-state index contributed by atoms with van der Waals surface area (Å²) < 4.78 is 1.63. The molecule has 0 aliphatic rings. The van der Waals surface area contributed by atoms with E-state index < -0.39 is 0 Å². The van der Waals surface area contributed by atoms with Crippen LogP contribution in [-0.4, -0.2) is 43.4 Å². The molecule has 2 aromatic heterocycles. The van der Waals surface area contributed by atoms with Crippen molar-refractivity contribution in [3.05, 3.63) is 60.4 Å². The molecule has 0 saturated carbocycles. The number of hydrogen-bond donors (Lipinski definition) is 2. The van der Waals surface area contributed by atoms with Gasteiger partial charge in [0.1, 0.15) is 0 Å². The number of pyridine rings is 1. The number of rotatable bonds is 7. The number of tetrazole rings is 1. The second-order valence-electron chi connectivity index (χ2n) is 5.20. The lowest BCUT2D eigenvalue weighted by atomic mass is 10.0. The van der Waals surface area contributed by atoms with Crippen LogP contribution in [0.1, 0.15) is 5.69 Å². The second kappa shape index (κ2) is 7.46. The van der Waals surface area contributed by atoms with E-state index in [4.69, 9.17) is 0 Å². The van der Waals surface area contributed by atoms with Gasteiger partial charge in [0.05, 0.1) is 5.69 Å². The van der Waals surface area contributed by atoms with Gasteiger partial charge >= 0.3 is 0 Å². The molecule has 1 aromatic carbocycles. The van der Waals surface area contributed by atoms with Gasteiger partial charge in [-0.05, 0) is 41.1 Å². The fourth-order valence-electron chi connectivity index (χ4n) is 2.29. The van der Waals surface area contributed by atoms with Gasteiger partial charge in [-0.1, -0.05) is 29.4 Å². The first-order valence-corrected chi connectivity index (χ1v) is 7.45. The molecule has 2 N–H and O–H groups in total. The van der Waals surface area contributed by atoms with Crippen molar-refractivity contribution in [2.24, 2.45) is 5.92 Å². The monoisotopic (exact) mass is 310 g/mol. The van der Waals surface area contributed by atoms with Crippen molar-refractivity contribution < 1.29 is 5.11 Å². The Labute approximate surface area is 134 Å². The average Bonchev–Trinajstić information content (AvgIpc) is 3.09. The Bertz CT molecular complexity index is 716. The first-order valence-electron chi connectivity index (χ1n) is 7.45. The third kappa shape index (κ3) is 3.89. The third-order valence-corrected chi connectivity index (χ3v) is 3.50. The molecule has 7 nitrogen and oxygen atoms in total. The molecule has 0 bridgehead atoms. The van der Waals surface area contributed by atoms with Gasteiger partial charge in [0.25, 0.3) is 0 Å². The highest BCUT2D eigenvalue weighted by Crippen LogP contribution is 2.12. The Balaban J connectivity index is 1.65. The number of nitrogens with zero attached hydrogens (tertiary/aromatic N) is 5. The van der Waals surface area contributed by atoms with Crippen LogP contribution in [0.2, 0.25) is 0 Å². The molecule has 0 fully saturated rings. The molecule has 0 saturated heterocycles. The maximum Gasteiger partial charge on any atom is 0.247 e. The summed E-state index contributed by atoms with van der Waals surface area (Å²) in [6.45, 7) is 0.622. The number of nitrogens with one attached hydrogen (secondary N) is 1. The van der Waals surface area contributed by atoms with E-state index in [2.05, 4.69) is 25.8 Å². The van der Waals surface area contributed by atoms with Gasteiger partial charge in [-0.2, -0.15) is 4.68 Å². The smallest absolute Gasteiger partial charge is 0.247 e. The van der Waals surface area contributed by atoms with Crippen molar-refractivity contribution in [2.45, 2.75) is 6.42 Å². The van der Waals surface area contributed by atoms with Gasteiger partial charge in [0.15, 0.2) is 0 Å². The summed E-state index contributed by atoms with van der Waals surface area (Å²) in [5, 5.41) is 24.5. The standard InChI is InChI=1S/C16H18N6O/c23-12-13(10-14-6-4-5-9-17-14)11-18-16-19-20-21-22(16)15-7-2-1-3-8-15/h1-9,13,23H,10-12H2,(H,18,19,21). The summed E-state index contributed by atoms with van der Waals surface area (Å²) in [5.74, 6) is 0.585. The minimum atomic E-state index is 0.0332. The van der Waals surface area contributed by atoms with E-state index in [1.165, 1.54) is 0 Å². The van der Waals surface area contributed by atoms with Crippen LogP contribution in [0, 0.1) is 5.92 Å². The number of benzene rings is 1. The lowest BCUT2D eigenvalue weighted by molar-refractivity contribution is 0.231. The molecule has 3 rings (SSSR count). The predicted octanol–water partition coefficient (Wildman–Crippen LogP) is 1.32. The summed E-state index contributed by atoms with van der Waals surface area (Å²) in [6, 6.07) is 15.4. The van der Waals surface area contributed by atoms with E-state index in [9.17, 15) is 5.11 Å². The maximum absolute atomic E-state index is 9.58. The van der Waals surface area contributed by atoms with Crippen LogP contribution in [0.5, 0.6) is 0 Å². The molecule has 2 heterocycles. The van der Waals surface area contributed by atoms with Gasteiger partial charge in [-0.3, -0.25) is 4.98 Å². The van der Waals surface area contributed by atoms with E-state index in [1.807, 2.05) is 48.5 Å². The molecule has 7 heteroatoms. The molecular formula is C16H18N6O. The summed E-state index contributed by atoms with van der Waals surface area (Å²) in [6.07, 6.45) is 2.45. The molecule has 0 amide bonds. The number of para-hydroxylation sites is 1. The highest BCUT2D eigenvalue weighted by Gasteiger charge is 2.13. The molecule has 0 radical (unpaired) electrons. The van der Waals surface area contributed by atoms with Crippen molar-refractivity contribution in [1.29, 1.82) is 0 Å². The van der Waals surface area contributed by atoms with E-state index in [0.717, 1.165) is 11.4 Å². The first kappa shape index (κ1) is 15.1. The van der Waals surface area contributed by atoms with Crippen molar-refractivity contribution >= 4 is 5.95 Å². The summed E-state index contributed by atoms with van der Waals surface area (Å²) in [4.78, 5) is 4.29. The second-order valence-corrected chi connectivity index (χ2v) is 5.20. The number of hydrogen-bond acceptors (Lipinski definition) is 6. The van der Waals surface area contributed by atoms with E-state index in [0.29, 0.717) is 18.9 Å². The van der Waals surface area contributed by atoms with Crippen LogP contribution < -0.4 is 5.32 Å². The SMILES string of the molecule is OCC(CNc1nnnn1-c1ccccc1)Cc1ccccn1. The van der Waals surface area contributed by atoms with Crippen molar-refractivity contribution in [3.8, 4) is 5.69 Å². The molecule has 3 aromatic rings. The van der Waals surface area contributed by atoms with Crippen LogP contribution in [0.4, 0.5) is 5.95 Å². The Morgan fingerprint density at radius 2 is 1.91 bits per heavy atom. The number of aliphatic hydroxyl groups is 1. The van der Waals surface area contributed by atoms with E-state index in [-0.39, 0.29) is 12.5 Å². The van der Waals surface area contributed by atoms with Crippen LogP contribution in [0.3, 0.4) is 0 Å². The Morgan fingerprint density at radius 3 is 2.65 bits per heavy atom. The number of anilines is 1. The Hall–Kier alpha value is -2.80. The van der Waals surface area contributed by atoms with Crippen molar-refractivity contribution in [2.75, 3.05) is 18.5 Å². The van der Waals surface area contributed by atoms with Crippen LogP contribution in [0.15, 0.2) is 54.7 Å². The average molecular weight is 310 g/mol. The van der Waals surface area contributed by atoms with Gasteiger partial charge in [-0.15, -0.1) is 0 Å². The maximum atomic E-state index is 9.58. The normalized spacial score (nSPS) is 12.0. The van der Waals surface area contributed by atoms with Crippen molar-refractivity contribution in [1.82, 2.24) is 25.2 Å². The van der Waals surface area contributed by atoms with Crippen LogP contribution in [-0.2, 0) is 6.42 Å². The topological polar surface area (TPSA) is 88.8 Å². The molecule has 0 aliphatic heterocycles. The quantitative estimate of drug-likeness (QED) is 0.684. The van der Waals surface area contributed by atoms with Crippen LogP contribution >= 0.6 is 0 Å². The predicted molar refractivity (Wildman–Crippen MR) is 86.2 cm³/mol. The zero-order chi connectivity index (χ0) is 15.9. The van der Waals surface area contributed by atoms with E-state index >= 15 is 0 Å². The number of aromatic nitrogens is 5. The molecular weight excluding hydrogens is 292 g/mol. The molecule has 23 heavy (non-hydrogen) atoms. The minimum absolute atomic E-state index is 0.0332. The third-order valence-electron chi connectivity index (χ3n) is 3.50. The van der Waals surface area contributed by atoms with Crippen molar-refractivity contribution in [3.63, 3.8) is 0 Å². The lowest BCUT2D eigenvalue weighted by Crippen LogP contribution is -2.22. The zero-order valence-corrected chi connectivity index (χ0v) is 12.6. The van der Waals surface area contributed by atoms with E-state index in [1.54, 1.807) is 10.9 Å². The lowest BCUT2D eigenvalue weighted by Gasteiger charge is -2.15. The summed E-state index contributed by atoms with van der Waals surface area (Å²) in [5.41, 5.74) is 1.83. The van der Waals surface area contributed by atoms with Gasteiger partial charge in [0.2, 0.25) is 5.95 Å². The zero-order valence-electron chi connectivity index (χ0n) is 12.6. The van der Waals surface area contributed by atoms with Crippen LogP contribution in [0.25, 0.3) is 5.69 Å². The number of aliphatic hydroxyl groups excluding tert-OH is 1. The molecule has 0 aliphatic carbocycles. The summed E-state index contributed by atoms with van der Waals surface area (Å²) in [7, 11) is 0. The molecule has 118 valence electrons. The molecule has 1 atom stereocenters. The first-order chi connectivity index (χ1) is 11.4. The van der Waals surface area contributed by atoms with Gasteiger partial charge in [-0.25, -0.2) is 0 Å². The minimum Gasteiger partial charge on any atom is -0.396 e. The fourth-order valence-corrected chi connectivity index (χ4v) is 2.29.